The van der Waals surface area contributed by atoms with Gasteiger partial charge in [-0.1, -0.05) is 11.6 Å². The summed E-state index contributed by atoms with van der Waals surface area (Å²) >= 11 is 5.66. The summed E-state index contributed by atoms with van der Waals surface area (Å²) in [4.78, 5) is 20.7. The van der Waals surface area contributed by atoms with Crippen LogP contribution in [0, 0.1) is 10.1 Å². The second-order valence-corrected chi connectivity index (χ2v) is 4.11. The van der Waals surface area contributed by atoms with Crippen LogP contribution in [-0.2, 0) is 0 Å². The summed E-state index contributed by atoms with van der Waals surface area (Å²) in [7, 11) is 0. The molecule has 2 N–H and O–H groups in total. The molecule has 0 fully saturated rings. The lowest BCUT2D eigenvalue weighted by atomic mass is 10.1. The number of carboxylic acids is 1. The molecule has 0 heterocycles. The Morgan fingerprint density at radius 3 is 2.50 bits per heavy atom. The molecule has 0 saturated carbocycles. The minimum absolute atomic E-state index is 0.283. The summed E-state index contributed by atoms with van der Waals surface area (Å²) in [6.07, 6.45) is -5.61. The topological polar surface area (TPSA) is 92.5 Å². The number of carboxylic acid groups (broad SMARTS) is 1. The number of alkyl halides is 3. The Morgan fingerprint density at radius 2 is 2.05 bits per heavy atom. The molecule has 20 heavy (non-hydrogen) atoms. The molecule has 0 unspecified atom stereocenters. The fourth-order valence-corrected chi connectivity index (χ4v) is 1.66. The van der Waals surface area contributed by atoms with Gasteiger partial charge in [-0.2, -0.15) is 13.2 Å². The van der Waals surface area contributed by atoms with E-state index in [2.05, 4.69) is 5.32 Å². The van der Waals surface area contributed by atoms with Crippen molar-refractivity contribution in [2.24, 2.45) is 0 Å². The van der Waals surface area contributed by atoms with Gasteiger partial charge in [0.25, 0.3) is 5.69 Å². The monoisotopic (exact) mass is 312 g/mol. The Labute approximate surface area is 115 Å². The van der Waals surface area contributed by atoms with Gasteiger partial charge in [0.05, 0.1) is 27.6 Å². The summed E-state index contributed by atoms with van der Waals surface area (Å²) in [6.45, 7) is -0.596. The number of nitro groups is 1. The third-order valence-corrected chi connectivity index (χ3v) is 2.52. The Hall–Kier alpha value is -2.03. The van der Waals surface area contributed by atoms with Gasteiger partial charge < -0.3 is 10.4 Å². The minimum atomic E-state index is -4.41. The van der Waals surface area contributed by atoms with E-state index < -0.39 is 41.3 Å². The predicted molar refractivity (Wildman–Crippen MR) is 64.2 cm³/mol. The first kappa shape index (κ1) is 16.0. The Kier molecular flexibility index (Phi) is 4.77. The molecule has 0 atom stereocenters. The number of aromatic carboxylic acids is 1. The van der Waals surface area contributed by atoms with Crippen LogP contribution in [0.2, 0.25) is 5.02 Å². The van der Waals surface area contributed by atoms with E-state index in [1.54, 1.807) is 0 Å². The summed E-state index contributed by atoms with van der Waals surface area (Å²) < 4.78 is 36.0. The van der Waals surface area contributed by atoms with E-state index in [0.717, 1.165) is 12.1 Å². The quantitative estimate of drug-likeness (QED) is 0.642. The van der Waals surface area contributed by atoms with E-state index in [9.17, 15) is 28.1 Å². The molecule has 0 aliphatic carbocycles. The number of benzene rings is 1. The zero-order valence-electron chi connectivity index (χ0n) is 9.70. The number of halogens is 4. The van der Waals surface area contributed by atoms with E-state index in [1.807, 2.05) is 0 Å². The van der Waals surface area contributed by atoms with Gasteiger partial charge in [-0.3, -0.25) is 10.1 Å². The number of nitrogens with zero attached hydrogens (tertiary/aromatic N) is 1. The number of anilines is 1. The van der Waals surface area contributed by atoms with Gasteiger partial charge in [-0.05, 0) is 0 Å². The van der Waals surface area contributed by atoms with E-state index in [-0.39, 0.29) is 10.7 Å². The molecule has 6 nitrogen and oxygen atoms in total. The molecule has 10 heteroatoms. The molecule has 0 bridgehead atoms. The second-order valence-electron chi connectivity index (χ2n) is 3.70. The van der Waals surface area contributed by atoms with Crippen molar-refractivity contribution < 1.29 is 28.0 Å². The molecular weight excluding hydrogens is 305 g/mol. The maximum atomic E-state index is 12.0. The maximum Gasteiger partial charge on any atom is 0.390 e. The van der Waals surface area contributed by atoms with E-state index >= 15 is 0 Å². The van der Waals surface area contributed by atoms with Crippen LogP contribution in [0.3, 0.4) is 0 Å². The predicted octanol–water partition coefficient (Wildman–Crippen LogP) is 3.31. The van der Waals surface area contributed by atoms with E-state index in [0.29, 0.717) is 0 Å². The molecule has 110 valence electrons. The first-order valence-electron chi connectivity index (χ1n) is 5.13. The molecule has 0 aliphatic heterocycles. The van der Waals surface area contributed by atoms with Crippen molar-refractivity contribution in [3.8, 4) is 0 Å². The lowest BCUT2D eigenvalue weighted by Crippen LogP contribution is -2.16. The maximum absolute atomic E-state index is 12.0. The number of nitrogens with one attached hydrogen (secondary N) is 1. The summed E-state index contributed by atoms with van der Waals surface area (Å²) in [6, 6.07) is 1.59. The highest BCUT2D eigenvalue weighted by molar-refractivity contribution is 6.34. The Morgan fingerprint density at radius 1 is 1.45 bits per heavy atom. The number of rotatable bonds is 5. The van der Waals surface area contributed by atoms with Gasteiger partial charge in [-0.15, -0.1) is 0 Å². The molecule has 0 spiro atoms. The van der Waals surface area contributed by atoms with E-state index in [4.69, 9.17) is 16.7 Å². The van der Waals surface area contributed by atoms with Crippen LogP contribution in [0.4, 0.5) is 24.5 Å². The molecule has 0 amide bonds. The highest BCUT2D eigenvalue weighted by Crippen LogP contribution is 2.32. The molecule has 0 radical (unpaired) electrons. The first-order chi connectivity index (χ1) is 9.11. The van der Waals surface area contributed by atoms with E-state index in [1.165, 1.54) is 0 Å². The van der Waals surface area contributed by atoms with Crippen LogP contribution in [0.5, 0.6) is 0 Å². The smallest absolute Gasteiger partial charge is 0.390 e. The fraction of sp³-hybridized carbons (Fsp3) is 0.300. The molecule has 1 aromatic carbocycles. The Bertz CT molecular complexity index is 548. The number of hydrogen-bond donors (Lipinski definition) is 2. The molecule has 1 aromatic rings. The average molecular weight is 313 g/mol. The normalized spacial score (nSPS) is 11.2. The lowest BCUT2D eigenvalue weighted by molar-refractivity contribution is -0.384. The molecule has 1 rings (SSSR count). The number of hydrogen-bond acceptors (Lipinski definition) is 4. The van der Waals surface area contributed by atoms with Crippen molar-refractivity contribution in [2.45, 2.75) is 12.6 Å². The number of carbonyl (C=O) groups is 1. The second kappa shape index (κ2) is 5.95. The third kappa shape index (κ3) is 4.26. The molecule has 0 saturated heterocycles. The molecule has 0 aromatic heterocycles. The van der Waals surface area contributed by atoms with Gasteiger partial charge in [0.15, 0.2) is 0 Å². The number of non-ortho nitro benzene ring substituents is 1. The van der Waals surface area contributed by atoms with Crippen LogP contribution in [0.15, 0.2) is 12.1 Å². The molecular formula is C10H8ClF3N2O4. The van der Waals surface area contributed by atoms with Crippen molar-refractivity contribution in [3.05, 3.63) is 32.8 Å². The van der Waals surface area contributed by atoms with Crippen LogP contribution in [0.25, 0.3) is 0 Å². The minimum Gasteiger partial charge on any atom is -0.478 e. The van der Waals surface area contributed by atoms with Crippen molar-refractivity contribution in [2.75, 3.05) is 11.9 Å². The van der Waals surface area contributed by atoms with Crippen LogP contribution in [-0.4, -0.2) is 28.7 Å². The van der Waals surface area contributed by atoms with Crippen molar-refractivity contribution in [1.82, 2.24) is 0 Å². The van der Waals surface area contributed by atoms with Crippen LogP contribution in [0.1, 0.15) is 16.8 Å². The third-order valence-electron chi connectivity index (χ3n) is 2.23. The molecule has 0 aliphatic rings. The lowest BCUT2D eigenvalue weighted by Gasteiger charge is -2.12. The highest BCUT2D eigenvalue weighted by atomic mass is 35.5. The summed E-state index contributed by atoms with van der Waals surface area (Å²) in [5.74, 6) is -1.54. The van der Waals surface area contributed by atoms with Gasteiger partial charge in [0, 0.05) is 18.7 Å². The largest absolute Gasteiger partial charge is 0.478 e. The zero-order chi connectivity index (χ0) is 15.5. The van der Waals surface area contributed by atoms with Gasteiger partial charge in [0.1, 0.15) is 0 Å². The highest BCUT2D eigenvalue weighted by Gasteiger charge is 2.27. The van der Waals surface area contributed by atoms with Gasteiger partial charge in [0.2, 0.25) is 0 Å². The summed E-state index contributed by atoms with van der Waals surface area (Å²) in [5.41, 5.74) is -1.41. The van der Waals surface area contributed by atoms with Gasteiger partial charge >= 0.3 is 12.1 Å². The summed E-state index contributed by atoms with van der Waals surface area (Å²) in [5, 5.41) is 21.4. The standard InChI is InChI=1S/C10H8ClF3N2O4/c11-7-4-5(16(19)20)3-6(9(17)18)8(7)15-2-1-10(12,13)14/h3-4,15H,1-2H2,(H,17,18). The Balaban J connectivity index is 3.06. The van der Waals surface area contributed by atoms with Crippen LogP contribution < -0.4 is 5.32 Å². The van der Waals surface area contributed by atoms with Crippen molar-refractivity contribution in [3.63, 3.8) is 0 Å². The van der Waals surface area contributed by atoms with Crippen LogP contribution >= 0.6 is 11.6 Å². The fourth-order valence-electron chi connectivity index (χ4n) is 1.38. The van der Waals surface area contributed by atoms with Crippen molar-refractivity contribution >= 4 is 28.9 Å². The first-order valence-corrected chi connectivity index (χ1v) is 5.51. The SMILES string of the molecule is O=C(O)c1cc([N+](=O)[O-])cc(Cl)c1NCCC(F)(F)F. The number of nitro benzene ring substituents is 1. The zero-order valence-corrected chi connectivity index (χ0v) is 10.5. The average Bonchev–Trinajstić information content (AvgIpc) is 2.28. The van der Waals surface area contributed by atoms with Crippen molar-refractivity contribution in [1.29, 1.82) is 0 Å². The van der Waals surface area contributed by atoms with Gasteiger partial charge in [-0.25, -0.2) is 4.79 Å².